The Morgan fingerprint density at radius 3 is 2.30 bits per heavy atom. The number of aryl methyl sites for hydroxylation is 2. The summed E-state index contributed by atoms with van der Waals surface area (Å²) in [5.74, 6) is -1.45. The van der Waals surface area contributed by atoms with Crippen LogP contribution < -0.4 is 14.4 Å². The molecule has 160 valence electrons. The topological polar surface area (TPSA) is 75.7 Å². The number of rotatable bonds is 4. The molecule has 30 heavy (non-hydrogen) atoms. The average Bonchev–Trinajstić information content (AvgIpc) is 3.32. The first-order valence-electron chi connectivity index (χ1n) is 9.21. The van der Waals surface area contributed by atoms with Crippen molar-refractivity contribution in [3.05, 3.63) is 53.6 Å². The summed E-state index contributed by atoms with van der Waals surface area (Å²) in [6, 6.07) is 10.1. The van der Waals surface area contributed by atoms with Crippen LogP contribution in [0.1, 0.15) is 17.5 Å². The second-order valence-corrected chi connectivity index (χ2v) is 9.71. The van der Waals surface area contributed by atoms with Gasteiger partial charge in [0.25, 0.3) is 0 Å². The summed E-state index contributed by atoms with van der Waals surface area (Å²) in [4.78, 5) is 12.9. The number of benzene rings is 2. The van der Waals surface area contributed by atoms with Crippen molar-refractivity contribution in [3.63, 3.8) is 0 Å². The molecule has 0 bridgehead atoms. The standard InChI is InChI=1S/C20H19F3N2O4S/c1-12-4-3-5-13(2)17(12)25-11-14-10-19(14,30(25,27)28)18(26)24-15-6-8-16(9-7-15)29-20(21,22)23/h3-9,14H,10-11H2,1-2H3,(H,24,26)/t14-,19+/m1/s1. The lowest BCUT2D eigenvalue weighted by atomic mass is 10.1. The summed E-state index contributed by atoms with van der Waals surface area (Å²) in [6.07, 6.45) is -4.60. The summed E-state index contributed by atoms with van der Waals surface area (Å²) >= 11 is 0. The van der Waals surface area contributed by atoms with E-state index in [1.54, 1.807) is 0 Å². The van der Waals surface area contributed by atoms with E-state index < -0.39 is 32.8 Å². The van der Waals surface area contributed by atoms with Crippen LogP contribution in [0.5, 0.6) is 5.75 Å². The molecule has 2 aromatic rings. The van der Waals surface area contributed by atoms with Gasteiger partial charge in [0.2, 0.25) is 15.9 Å². The molecular weight excluding hydrogens is 421 g/mol. The fraction of sp³-hybridized carbons (Fsp3) is 0.350. The van der Waals surface area contributed by atoms with Crippen LogP contribution in [0.3, 0.4) is 0 Å². The van der Waals surface area contributed by atoms with Gasteiger partial charge in [0.15, 0.2) is 4.75 Å². The Labute approximate surface area is 171 Å². The Hall–Kier alpha value is -2.75. The fourth-order valence-corrected chi connectivity index (χ4v) is 6.60. The monoisotopic (exact) mass is 440 g/mol. The first-order valence-corrected chi connectivity index (χ1v) is 10.7. The van der Waals surface area contributed by atoms with E-state index >= 15 is 0 Å². The van der Waals surface area contributed by atoms with Crippen LogP contribution >= 0.6 is 0 Å². The van der Waals surface area contributed by atoms with Gasteiger partial charge in [-0.05, 0) is 55.7 Å². The predicted molar refractivity (Wildman–Crippen MR) is 105 cm³/mol. The van der Waals surface area contributed by atoms with Crippen molar-refractivity contribution in [1.29, 1.82) is 0 Å². The van der Waals surface area contributed by atoms with E-state index in [2.05, 4.69) is 10.1 Å². The fourth-order valence-electron chi connectivity index (χ4n) is 4.11. The van der Waals surface area contributed by atoms with Crippen LogP contribution in [-0.4, -0.2) is 32.0 Å². The van der Waals surface area contributed by atoms with Gasteiger partial charge in [-0.3, -0.25) is 9.10 Å². The molecule has 1 saturated carbocycles. The number of nitrogens with zero attached hydrogens (tertiary/aromatic N) is 1. The van der Waals surface area contributed by atoms with Crippen LogP contribution in [0, 0.1) is 19.8 Å². The Balaban J connectivity index is 1.56. The van der Waals surface area contributed by atoms with Crippen molar-refractivity contribution in [3.8, 4) is 5.75 Å². The number of amides is 1. The van der Waals surface area contributed by atoms with Gasteiger partial charge in [-0.1, -0.05) is 18.2 Å². The molecule has 1 saturated heterocycles. The molecule has 2 fully saturated rings. The highest BCUT2D eigenvalue weighted by Gasteiger charge is 2.75. The molecule has 0 radical (unpaired) electrons. The number of alkyl halides is 3. The predicted octanol–water partition coefficient (Wildman–Crippen LogP) is 3.75. The van der Waals surface area contributed by atoms with Gasteiger partial charge in [0.1, 0.15) is 5.75 Å². The molecule has 2 atom stereocenters. The third kappa shape index (κ3) is 3.19. The zero-order valence-electron chi connectivity index (χ0n) is 16.2. The van der Waals surface area contributed by atoms with Crippen molar-refractivity contribution in [2.45, 2.75) is 31.4 Å². The van der Waals surface area contributed by atoms with Crippen LogP contribution in [0.2, 0.25) is 0 Å². The summed E-state index contributed by atoms with van der Waals surface area (Å²) in [6.45, 7) is 3.86. The van der Waals surface area contributed by atoms with E-state index in [9.17, 15) is 26.4 Å². The maximum Gasteiger partial charge on any atom is 0.573 e. The molecule has 4 rings (SSSR count). The zero-order valence-corrected chi connectivity index (χ0v) is 17.0. The van der Waals surface area contributed by atoms with Crippen LogP contribution in [0.4, 0.5) is 24.5 Å². The lowest BCUT2D eigenvalue weighted by molar-refractivity contribution is -0.274. The number of hydrogen-bond acceptors (Lipinski definition) is 4. The highest BCUT2D eigenvalue weighted by atomic mass is 32.2. The third-order valence-corrected chi connectivity index (χ3v) is 8.12. The van der Waals surface area contributed by atoms with Gasteiger partial charge in [-0.25, -0.2) is 8.42 Å². The van der Waals surface area contributed by atoms with Gasteiger partial charge < -0.3 is 10.1 Å². The normalized spacial score (nSPS) is 24.3. The molecule has 2 aliphatic rings. The van der Waals surface area contributed by atoms with Crippen LogP contribution in [0.15, 0.2) is 42.5 Å². The van der Waals surface area contributed by atoms with Crippen molar-refractivity contribution in [2.75, 3.05) is 16.2 Å². The molecule has 1 aliphatic heterocycles. The van der Waals surface area contributed by atoms with Crippen LogP contribution in [-0.2, 0) is 14.8 Å². The molecule has 1 N–H and O–H groups in total. The number of sulfonamides is 1. The minimum atomic E-state index is -4.82. The smallest absolute Gasteiger partial charge is 0.406 e. The number of anilines is 2. The number of nitrogens with one attached hydrogen (secondary N) is 1. The quantitative estimate of drug-likeness (QED) is 0.786. The summed E-state index contributed by atoms with van der Waals surface area (Å²) in [7, 11) is -3.96. The summed E-state index contributed by atoms with van der Waals surface area (Å²) < 4.78 is 67.0. The molecule has 10 heteroatoms. The van der Waals surface area contributed by atoms with Crippen molar-refractivity contribution < 1.29 is 31.1 Å². The second-order valence-electron chi connectivity index (χ2n) is 7.59. The van der Waals surface area contributed by atoms with Gasteiger partial charge in [0, 0.05) is 18.2 Å². The lowest BCUT2D eigenvalue weighted by Gasteiger charge is -2.26. The Morgan fingerprint density at radius 1 is 1.13 bits per heavy atom. The van der Waals surface area contributed by atoms with E-state index in [0.29, 0.717) is 5.69 Å². The Morgan fingerprint density at radius 2 is 1.73 bits per heavy atom. The van der Waals surface area contributed by atoms with Crippen molar-refractivity contribution in [2.24, 2.45) is 5.92 Å². The minimum Gasteiger partial charge on any atom is -0.406 e. The molecule has 6 nitrogen and oxygen atoms in total. The minimum absolute atomic E-state index is 0.190. The van der Waals surface area contributed by atoms with E-state index in [-0.39, 0.29) is 24.6 Å². The third-order valence-electron chi connectivity index (χ3n) is 5.60. The molecule has 1 aliphatic carbocycles. The molecule has 0 spiro atoms. The Kier molecular flexibility index (Phi) is 4.53. The summed E-state index contributed by atoms with van der Waals surface area (Å²) in [5, 5.41) is 2.53. The largest absolute Gasteiger partial charge is 0.573 e. The number of carbonyl (C=O) groups excluding carboxylic acids is 1. The molecular formula is C20H19F3N2O4S. The van der Waals surface area contributed by atoms with Gasteiger partial charge in [-0.2, -0.15) is 0 Å². The van der Waals surface area contributed by atoms with Crippen molar-refractivity contribution >= 4 is 27.3 Å². The maximum absolute atomic E-state index is 13.3. The Bertz CT molecular complexity index is 1100. The summed E-state index contributed by atoms with van der Waals surface area (Å²) in [5.41, 5.74) is 2.38. The highest BCUT2D eigenvalue weighted by molar-refractivity contribution is 7.95. The maximum atomic E-state index is 13.3. The van der Waals surface area contributed by atoms with E-state index in [0.717, 1.165) is 23.3 Å². The number of carbonyl (C=O) groups is 1. The van der Waals surface area contributed by atoms with E-state index in [1.165, 1.54) is 16.4 Å². The van der Waals surface area contributed by atoms with Gasteiger partial charge in [0.05, 0.1) is 5.69 Å². The zero-order chi connectivity index (χ0) is 21.9. The van der Waals surface area contributed by atoms with Gasteiger partial charge in [-0.15, -0.1) is 13.2 Å². The molecule has 2 aromatic carbocycles. The molecule has 1 amide bonds. The number of para-hydroxylation sites is 1. The SMILES string of the molecule is Cc1cccc(C)c1N1C[C@H]2C[C@]2(C(=O)Nc2ccc(OC(F)(F)F)cc2)S1(=O)=O. The molecule has 1 heterocycles. The first kappa shape index (κ1) is 20.5. The van der Waals surface area contributed by atoms with Crippen LogP contribution in [0.25, 0.3) is 0 Å². The molecule has 0 unspecified atom stereocenters. The number of hydrogen-bond donors (Lipinski definition) is 1. The molecule has 0 aromatic heterocycles. The number of ether oxygens (including phenoxy) is 1. The highest BCUT2D eigenvalue weighted by Crippen LogP contribution is 2.59. The van der Waals surface area contributed by atoms with Gasteiger partial charge >= 0.3 is 6.36 Å². The second kappa shape index (κ2) is 6.63. The lowest BCUT2D eigenvalue weighted by Crippen LogP contribution is -2.42. The first-order chi connectivity index (χ1) is 14.0. The number of halogens is 3. The number of fused-ring (bicyclic) bond motifs is 1. The van der Waals surface area contributed by atoms with E-state index in [4.69, 9.17) is 0 Å². The van der Waals surface area contributed by atoms with E-state index in [1.807, 2.05) is 32.0 Å². The van der Waals surface area contributed by atoms with Crippen molar-refractivity contribution in [1.82, 2.24) is 0 Å². The average molecular weight is 440 g/mol.